The van der Waals surface area contributed by atoms with Crippen LogP contribution in [-0.2, 0) is 0 Å². The fourth-order valence-corrected chi connectivity index (χ4v) is 3.09. The van der Waals surface area contributed by atoms with Gasteiger partial charge in [0.15, 0.2) is 0 Å². The highest BCUT2D eigenvalue weighted by Crippen LogP contribution is 2.26. The summed E-state index contributed by atoms with van der Waals surface area (Å²) in [5.74, 6) is 0. The van der Waals surface area contributed by atoms with Crippen molar-refractivity contribution in [3.8, 4) is 0 Å². The van der Waals surface area contributed by atoms with Crippen molar-refractivity contribution >= 4 is 44.2 Å². The largest absolute Gasteiger partial charge is 0.253 e. The molecule has 0 aliphatic carbocycles. The Labute approximate surface area is 113 Å². The maximum atomic E-state index is 4.47. The Morgan fingerprint density at radius 1 is 1.33 bits per heavy atom. The first-order valence-electron chi connectivity index (χ1n) is 5.51. The van der Waals surface area contributed by atoms with Crippen molar-refractivity contribution in [1.29, 1.82) is 0 Å². The summed E-state index contributed by atoms with van der Waals surface area (Å²) in [6.45, 7) is 2.08. The molecule has 2 heterocycles. The molecule has 0 saturated heterocycles. The molecule has 5 heteroatoms. The lowest BCUT2D eigenvalue weighted by Crippen LogP contribution is -1.87. The molecule has 0 spiro atoms. The number of aryl methyl sites for hydroxylation is 1. The van der Waals surface area contributed by atoms with E-state index in [1.165, 1.54) is 10.3 Å². The third-order valence-corrected chi connectivity index (χ3v) is 4.17. The summed E-state index contributed by atoms with van der Waals surface area (Å²) in [4.78, 5) is 5.59. The summed E-state index contributed by atoms with van der Waals surface area (Å²) in [7, 11) is 0. The predicted octanol–water partition coefficient (Wildman–Crippen LogP) is 4.11. The van der Waals surface area contributed by atoms with E-state index in [2.05, 4.69) is 34.6 Å². The molecule has 0 aliphatic heterocycles. The van der Waals surface area contributed by atoms with Gasteiger partial charge >= 0.3 is 0 Å². The van der Waals surface area contributed by atoms with Crippen LogP contribution in [0.15, 0.2) is 40.8 Å². The van der Waals surface area contributed by atoms with Crippen molar-refractivity contribution in [2.24, 2.45) is 5.10 Å². The van der Waals surface area contributed by atoms with Crippen molar-refractivity contribution in [3.63, 3.8) is 0 Å². The van der Waals surface area contributed by atoms with Crippen molar-refractivity contribution < 1.29 is 0 Å². The zero-order chi connectivity index (χ0) is 12.4. The van der Waals surface area contributed by atoms with Crippen molar-refractivity contribution in [1.82, 2.24) is 4.98 Å². The Hall–Kier alpha value is -1.72. The minimum Gasteiger partial charge on any atom is -0.253 e. The number of benzene rings is 1. The average Bonchev–Trinajstić information content (AvgIpc) is 2.97. The van der Waals surface area contributed by atoms with Gasteiger partial charge in [0.25, 0.3) is 0 Å². The van der Waals surface area contributed by atoms with E-state index in [1.54, 1.807) is 22.7 Å². The Kier molecular flexibility index (Phi) is 3.08. The maximum absolute atomic E-state index is 4.47. The topological polar surface area (TPSA) is 37.3 Å². The van der Waals surface area contributed by atoms with Crippen LogP contribution in [0.4, 0.5) is 5.13 Å². The van der Waals surface area contributed by atoms with Gasteiger partial charge in [-0.25, -0.2) is 4.98 Å². The van der Waals surface area contributed by atoms with Crippen molar-refractivity contribution in [3.05, 3.63) is 46.2 Å². The van der Waals surface area contributed by atoms with Crippen LogP contribution in [0.5, 0.6) is 0 Å². The number of hydrazone groups is 1. The van der Waals surface area contributed by atoms with Crippen molar-refractivity contribution in [2.45, 2.75) is 6.92 Å². The van der Waals surface area contributed by atoms with Crippen LogP contribution < -0.4 is 5.43 Å². The Morgan fingerprint density at radius 3 is 3.11 bits per heavy atom. The van der Waals surface area contributed by atoms with E-state index < -0.39 is 0 Å². The van der Waals surface area contributed by atoms with Gasteiger partial charge in [-0.2, -0.15) is 5.10 Å². The number of nitrogens with one attached hydrogen (secondary N) is 1. The first-order chi connectivity index (χ1) is 8.81. The lowest BCUT2D eigenvalue weighted by atomic mass is 10.2. The first-order valence-corrected chi connectivity index (χ1v) is 7.21. The summed E-state index contributed by atoms with van der Waals surface area (Å²) in [5, 5.41) is 7.04. The van der Waals surface area contributed by atoms with Gasteiger partial charge in [-0.3, -0.25) is 5.43 Å². The third kappa shape index (κ3) is 2.42. The van der Waals surface area contributed by atoms with E-state index in [0.717, 1.165) is 15.5 Å². The molecule has 3 nitrogen and oxygen atoms in total. The monoisotopic (exact) mass is 273 g/mol. The van der Waals surface area contributed by atoms with E-state index in [4.69, 9.17) is 0 Å². The molecule has 18 heavy (non-hydrogen) atoms. The number of hydrogen-bond donors (Lipinski definition) is 1. The summed E-state index contributed by atoms with van der Waals surface area (Å²) in [5.41, 5.74) is 5.24. The number of nitrogens with zero attached hydrogens (tertiary/aromatic N) is 2. The fourth-order valence-electron chi connectivity index (χ4n) is 1.60. The number of aromatic nitrogens is 1. The Bertz CT molecular complexity index is 683. The number of thiophene rings is 1. The van der Waals surface area contributed by atoms with Crippen LogP contribution in [0.25, 0.3) is 10.2 Å². The molecule has 1 N–H and O–H groups in total. The van der Waals surface area contributed by atoms with E-state index in [-0.39, 0.29) is 0 Å². The van der Waals surface area contributed by atoms with Gasteiger partial charge in [0.1, 0.15) is 0 Å². The van der Waals surface area contributed by atoms with Crippen molar-refractivity contribution in [2.75, 3.05) is 5.43 Å². The maximum Gasteiger partial charge on any atom is 0.204 e. The summed E-state index contributed by atoms with van der Waals surface area (Å²) in [6, 6.07) is 10.3. The predicted molar refractivity (Wildman–Crippen MR) is 79.9 cm³/mol. The van der Waals surface area contributed by atoms with E-state index in [0.29, 0.717) is 0 Å². The van der Waals surface area contributed by atoms with E-state index >= 15 is 0 Å². The van der Waals surface area contributed by atoms with Gasteiger partial charge in [0.05, 0.1) is 16.4 Å². The Balaban J connectivity index is 1.79. The molecule has 0 radical (unpaired) electrons. The van der Waals surface area contributed by atoms with Gasteiger partial charge in [-0.15, -0.1) is 11.3 Å². The third-order valence-electron chi connectivity index (χ3n) is 2.44. The van der Waals surface area contributed by atoms with Crippen LogP contribution in [0.1, 0.15) is 10.4 Å². The van der Waals surface area contributed by atoms with Crippen LogP contribution in [0.3, 0.4) is 0 Å². The number of thiazole rings is 1. The molecule has 0 bridgehead atoms. The van der Waals surface area contributed by atoms with E-state index in [9.17, 15) is 0 Å². The lowest BCUT2D eigenvalue weighted by molar-refractivity contribution is 1.31. The van der Waals surface area contributed by atoms with E-state index in [1.807, 2.05) is 29.8 Å². The first kappa shape index (κ1) is 11.4. The second-order valence-electron chi connectivity index (χ2n) is 3.88. The molecule has 1 aromatic carbocycles. The molecule has 0 saturated carbocycles. The average molecular weight is 273 g/mol. The lowest BCUT2D eigenvalue weighted by Gasteiger charge is -1.90. The zero-order valence-electron chi connectivity index (χ0n) is 9.75. The van der Waals surface area contributed by atoms with Crippen LogP contribution in [0, 0.1) is 6.92 Å². The summed E-state index contributed by atoms with van der Waals surface area (Å²) < 4.78 is 1.18. The number of anilines is 1. The summed E-state index contributed by atoms with van der Waals surface area (Å²) in [6.07, 6.45) is 1.81. The second-order valence-corrected chi connectivity index (χ2v) is 5.89. The zero-order valence-corrected chi connectivity index (χ0v) is 11.4. The molecule has 0 amide bonds. The molecular weight excluding hydrogens is 262 g/mol. The molecule has 3 aromatic rings. The number of rotatable bonds is 3. The quantitative estimate of drug-likeness (QED) is 0.576. The SMILES string of the molecule is Cc1ccc2nc(N/N=C\c3cccs3)sc2c1. The highest BCUT2D eigenvalue weighted by Gasteiger charge is 2.02. The molecule has 0 fully saturated rings. The van der Waals surface area contributed by atoms with Gasteiger partial charge in [0, 0.05) is 4.88 Å². The second kappa shape index (κ2) is 4.88. The molecule has 3 rings (SSSR count). The van der Waals surface area contributed by atoms with Crippen LogP contribution in [-0.4, -0.2) is 11.2 Å². The molecular formula is C13H11N3S2. The highest BCUT2D eigenvalue weighted by atomic mass is 32.1. The van der Waals surface area contributed by atoms with Gasteiger partial charge < -0.3 is 0 Å². The standard InChI is InChI=1S/C13H11N3S2/c1-9-4-5-11-12(7-9)18-13(15-11)16-14-8-10-3-2-6-17-10/h2-8H,1H3,(H,15,16)/b14-8-. The highest BCUT2D eigenvalue weighted by molar-refractivity contribution is 7.22. The molecule has 0 aliphatic rings. The number of fused-ring (bicyclic) bond motifs is 1. The smallest absolute Gasteiger partial charge is 0.204 e. The minimum absolute atomic E-state index is 0.823. The Morgan fingerprint density at radius 2 is 2.28 bits per heavy atom. The molecule has 90 valence electrons. The molecule has 0 unspecified atom stereocenters. The van der Waals surface area contributed by atoms with Gasteiger partial charge in [-0.1, -0.05) is 23.5 Å². The molecule has 0 atom stereocenters. The normalized spacial score (nSPS) is 11.4. The summed E-state index contributed by atoms with van der Waals surface area (Å²) >= 11 is 3.27. The minimum atomic E-state index is 0.823. The molecule has 2 aromatic heterocycles. The van der Waals surface area contributed by atoms with Crippen LogP contribution in [0.2, 0.25) is 0 Å². The number of hydrogen-bond acceptors (Lipinski definition) is 5. The van der Waals surface area contributed by atoms with Gasteiger partial charge in [0.2, 0.25) is 5.13 Å². The fraction of sp³-hybridized carbons (Fsp3) is 0.0769. The van der Waals surface area contributed by atoms with Gasteiger partial charge in [-0.05, 0) is 36.1 Å². The van der Waals surface area contributed by atoms with Crippen LogP contribution >= 0.6 is 22.7 Å².